The van der Waals surface area contributed by atoms with Gasteiger partial charge in [0.25, 0.3) is 0 Å². The summed E-state index contributed by atoms with van der Waals surface area (Å²) in [5.74, 6) is 0.647. The van der Waals surface area contributed by atoms with E-state index in [0.717, 1.165) is 19.3 Å². The fraction of sp³-hybridized carbons (Fsp3) is 0.500. The molecule has 2 nitrogen and oxygen atoms in total. The molecule has 84 valence electrons. The Labute approximate surface area is 96.0 Å². The van der Waals surface area contributed by atoms with Crippen LogP contribution in [0.15, 0.2) is 24.4 Å². The molecule has 0 unspecified atom stereocenters. The Morgan fingerprint density at radius 1 is 1.50 bits per heavy atom. The summed E-state index contributed by atoms with van der Waals surface area (Å²) in [5.41, 5.74) is 1.84. The van der Waals surface area contributed by atoms with Gasteiger partial charge in [0, 0.05) is 18.0 Å². The van der Waals surface area contributed by atoms with Crippen LogP contribution in [-0.4, -0.2) is 15.7 Å². The van der Waals surface area contributed by atoms with Crippen LogP contribution in [-0.2, 0) is 0 Å². The summed E-state index contributed by atoms with van der Waals surface area (Å²) in [5, 5.41) is 10.4. The van der Waals surface area contributed by atoms with E-state index in [1.54, 1.807) is 0 Å². The molecule has 1 aromatic rings. The van der Waals surface area contributed by atoms with Crippen LogP contribution in [0.4, 0.5) is 0 Å². The fourth-order valence-electron chi connectivity index (χ4n) is 3.20. The number of nitrogens with zero attached hydrogens (tertiary/aromatic N) is 1. The molecular formula is C14H17NO. The minimum absolute atomic E-state index is 0.239. The molecule has 16 heavy (non-hydrogen) atoms. The van der Waals surface area contributed by atoms with Crippen molar-refractivity contribution in [3.63, 3.8) is 0 Å². The minimum atomic E-state index is -0.561. The average molecular weight is 215 g/mol. The summed E-state index contributed by atoms with van der Waals surface area (Å²) in [4.78, 5) is 4.51. The van der Waals surface area contributed by atoms with Crippen molar-refractivity contribution in [2.24, 2.45) is 5.92 Å². The van der Waals surface area contributed by atoms with Crippen LogP contribution in [0.25, 0.3) is 6.08 Å². The van der Waals surface area contributed by atoms with Crippen LogP contribution in [0, 0.1) is 5.92 Å². The monoisotopic (exact) mass is 215 g/mol. The molecule has 0 saturated heterocycles. The first-order valence-corrected chi connectivity index (χ1v) is 6.04. The van der Waals surface area contributed by atoms with Crippen LogP contribution in [0.3, 0.4) is 0 Å². The van der Waals surface area contributed by atoms with Crippen molar-refractivity contribution in [3.05, 3.63) is 35.7 Å². The van der Waals surface area contributed by atoms with Crippen molar-refractivity contribution >= 4 is 6.08 Å². The van der Waals surface area contributed by atoms with Gasteiger partial charge in [-0.2, -0.15) is 0 Å². The highest BCUT2D eigenvalue weighted by Crippen LogP contribution is 2.46. The van der Waals surface area contributed by atoms with E-state index in [4.69, 9.17) is 0 Å². The Morgan fingerprint density at radius 2 is 2.38 bits per heavy atom. The number of fused-ring (bicyclic) bond motifs is 3. The van der Waals surface area contributed by atoms with Crippen molar-refractivity contribution < 1.29 is 5.11 Å². The van der Waals surface area contributed by atoms with Gasteiger partial charge < -0.3 is 5.11 Å². The Kier molecular flexibility index (Phi) is 2.15. The second kappa shape index (κ2) is 3.42. The molecule has 1 heterocycles. The largest absolute Gasteiger partial charge is 0.390 e. The molecule has 2 aliphatic carbocycles. The molecule has 0 radical (unpaired) electrons. The zero-order valence-corrected chi connectivity index (χ0v) is 9.56. The lowest BCUT2D eigenvalue weighted by molar-refractivity contribution is -0.0230. The van der Waals surface area contributed by atoms with Gasteiger partial charge >= 0.3 is 0 Å². The van der Waals surface area contributed by atoms with Gasteiger partial charge in [0.05, 0.1) is 11.3 Å². The van der Waals surface area contributed by atoms with Crippen molar-refractivity contribution in [1.82, 2.24) is 4.98 Å². The van der Waals surface area contributed by atoms with Crippen LogP contribution in [0.5, 0.6) is 0 Å². The molecule has 3 atom stereocenters. The Morgan fingerprint density at radius 3 is 3.25 bits per heavy atom. The standard InChI is InChI=1S/C14H17NO/c1-14(16)8-2-5-11-12(14)7-6-10-4-3-9-15-13(10)11/h3-4,6-7,9,11-12,16H,2,5,8H2,1H3/t11-,12-,14-/m0/s1. The molecule has 1 fully saturated rings. The first-order valence-electron chi connectivity index (χ1n) is 6.04. The normalized spacial score (nSPS) is 36.6. The molecule has 0 bridgehead atoms. The maximum absolute atomic E-state index is 10.4. The van der Waals surface area contributed by atoms with Crippen molar-refractivity contribution in [3.8, 4) is 0 Å². The van der Waals surface area contributed by atoms with E-state index in [0.29, 0.717) is 5.92 Å². The number of aromatic nitrogens is 1. The smallest absolute Gasteiger partial charge is 0.0688 e. The van der Waals surface area contributed by atoms with E-state index in [9.17, 15) is 5.11 Å². The van der Waals surface area contributed by atoms with Crippen LogP contribution < -0.4 is 0 Å². The second-order valence-electron chi connectivity index (χ2n) is 5.22. The molecule has 0 aromatic carbocycles. The highest BCUT2D eigenvalue weighted by Gasteiger charge is 2.42. The molecule has 1 saturated carbocycles. The van der Waals surface area contributed by atoms with Gasteiger partial charge in [-0.1, -0.05) is 18.2 Å². The van der Waals surface area contributed by atoms with Gasteiger partial charge in [0.1, 0.15) is 0 Å². The molecule has 2 aliphatic rings. The summed E-state index contributed by atoms with van der Waals surface area (Å²) in [6.45, 7) is 1.96. The third kappa shape index (κ3) is 1.40. The Bertz CT molecular complexity index is 436. The van der Waals surface area contributed by atoms with Crippen LogP contribution >= 0.6 is 0 Å². The van der Waals surface area contributed by atoms with Gasteiger partial charge in [-0.15, -0.1) is 0 Å². The fourth-order valence-corrected chi connectivity index (χ4v) is 3.20. The van der Waals surface area contributed by atoms with Crippen molar-refractivity contribution in [1.29, 1.82) is 0 Å². The van der Waals surface area contributed by atoms with Gasteiger partial charge in [-0.25, -0.2) is 0 Å². The van der Waals surface area contributed by atoms with Gasteiger partial charge in [-0.05, 0) is 37.8 Å². The SMILES string of the molecule is C[C@]1(O)CCC[C@@H]2c3ncccc3C=C[C@@H]21. The molecular weight excluding hydrogens is 198 g/mol. The molecule has 2 heteroatoms. The number of rotatable bonds is 0. The number of hydrogen-bond acceptors (Lipinski definition) is 2. The molecule has 1 N–H and O–H groups in total. The van der Waals surface area contributed by atoms with Crippen LogP contribution in [0.2, 0.25) is 0 Å². The summed E-state index contributed by atoms with van der Waals surface area (Å²) >= 11 is 0. The maximum Gasteiger partial charge on any atom is 0.0688 e. The molecule has 0 aliphatic heterocycles. The predicted molar refractivity (Wildman–Crippen MR) is 64.0 cm³/mol. The maximum atomic E-state index is 10.4. The topological polar surface area (TPSA) is 33.1 Å². The van der Waals surface area contributed by atoms with Gasteiger partial charge in [-0.3, -0.25) is 4.98 Å². The highest BCUT2D eigenvalue weighted by molar-refractivity contribution is 5.56. The quantitative estimate of drug-likeness (QED) is 0.722. The third-order valence-electron chi connectivity index (χ3n) is 4.06. The number of aliphatic hydroxyl groups is 1. The predicted octanol–water partition coefficient (Wildman–Crippen LogP) is 2.74. The van der Waals surface area contributed by atoms with E-state index < -0.39 is 5.60 Å². The Balaban J connectivity index is 2.07. The summed E-state index contributed by atoms with van der Waals surface area (Å²) in [6.07, 6.45) is 9.30. The van der Waals surface area contributed by atoms with Gasteiger partial charge in [0.2, 0.25) is 0 Å². The Hall–Kier alpha value is -1.15. The first kappa shape index (κ1) is 10.0. The lowest BCUT2D eigenvalue weighted by atomic mass is 9.66. The van der Waals surface area contributed by atoms with E-state index in [1.165, 1.54) is 11.3 Å². The highest BCUT2D eigenvalue weighted by atomic mass is 16.3. The van der Waals surface area contributed by atoms with Crippen molar-refractivity contribution in [2.75, 3.05) is 0 Å². The van der Waals surface area contributed by atoms with Crippen LogP contribution in [0.1, 0.15) is 43.4 Å². The summed E-state index contributed by atoms with van der Waals surface area (Å²) in [6, 6.07) is 4.09. The average Bonchev–Trinajstić information content (AvgIpc) is 2.28. The molecule has 3 rings (SSSR count). The molecule has 0 spiro atoms. The summed E-state index contributed by atoms with van der Waals surface area (Å²) < 4.78 is 0. The van der Waals surface area contributed by atoms with E-state index in [-0.39, 0.29) is 5.92 Å². The van der Waals surface area contributed by atoms with Gasteiger partial charge in [0.15, 0.2) is 0 Å². The number of pyridine rings is 1. The van der Waals surface area contributed by atoms with E-state index in [1.807, 2.05) is 19.2 Å². The second-order valence-corrected chi connectivity index (χ2v) is 5.22. The van der Waals surface area contributed by atoms with E-state index >= 15 is 0 Å². The zero-order valence-electron chi connectivity index (χ0n) is 9.56. The lowest BCUT2D eigenvalue weighted by Gasteiger charge is -2.43. The zero-order chi connectivity index (χ0) is 11.2. The molecule has 0 amide bonds. The number of hydrogen-bond donors (Lipinski definition) is 1. The third-order valence-corrected chi connectivity index (χ3v) is 4.06. The summed E-state index contributed by atoms with van der Waals surface area (Å²) in [7, 11) is 0. The van der Waals surface area contributed by atoms with Crippen molar-refractivity contribution in [2.45, 2.75) is 37.7 Å². The molecule has 1 aromatic heterocycles. The first-order chi connectivity index (χ1) is 7.68. The minimum Gasteiger partial charge on any atom is -0.390 e. The van der Waals surface area contributed by atoms with E-state index in [2.05, 4.69) is 23.2 Å². The lowest BCUT2D eigenvalue weighted by Crippen LogP contribution is -2.41.